The zero-order valence-electron chi connectivity index (χ0n) is 8.79. The van der Waals surface area contributed by atoms with Crippen LogP contribution in [0.2, 0.25) is 0 Å². The van der Waals surface area contributed by atoms with Crippen LogP contribution in [0.1, 0.15) is 10.4 Å². The van der Waals surface area contributed by atoms with E-state index < -0.39 is 5.97 Å². The van der Waals surface area contributed by atoms with Gasteiger partial charge in [-0.2, -0.15) is 0 Å². The van der Waals surface area contributed by atoms with Crippen LogP contribution in [0.3, 0.4) is 0 Å². The molecule has 17 heavy (non-hydrogen) atoms. The summed E-state index contributed by atoms with van der Waals surface area (Å²) in [6.07, 6.45) is 1.43. The van der Waals surface area contributed by atoms with Gasteiger partial charge in [-0.15, -0.1) is 0 Å². The number of phenols is 1. The third-order valence-corrected chi connectivity index (χ3v) is 2.35. The van der Waals surface area contributed by atoms with Crippen LogP contribution in [0, 0.1) is 0 Å². The van der Waals surface area contributed by atoms with Gasteiger partial charge in [0, 0.05) is 11.8 Å². The molecule has 5 nitrogen and oxygen atoms in total. The van der Waals surface area contributed by atoms with Gasteiger partial charge in [0.25, 0.3) is 0 Å². The number of aromatic nitrogens is 1. The monoisotopic (exact) mass is 230 g/mol. The Bertz CT molecular complexity index is 582. The topological polar surface area (TPSA) is 96.4 Å². The van der Waals surface area contributed by atoms with Crippen LogP contribution in [0.5, 0.6) is 5.75 Å². The van der Waals surface area contributed by atoms with Crippen LogP contribution >= 0.6 is 0 Å². The summed E-state index contributed by atoms with van der Waals surface area (Å²) in [6.45, 7) is 0. The molecular formula is C12H10N2O3. The summed E-state index contributed by atoms with van der Waals surface area (Å²) in [5.74, 6) is -1.12. The number of nitrogen functional groups attached to an aromatic ring is 1. The van der Waals surface area contributed by atoms with Crippen LogP contribution in [-0.2, 0) is 0 Å². The first-order chi connectivity index (χ1) is 8.09. The number of pyridine rings is 1. The molecule has 0 saturated carbocycles. The number of carboxylic acid groups (broad SMARTS) is 1. The minimum atomic E-state index is -1.14. The van der Waals surface area contributed by atoms with Crippen molar-refractivity contribution in [3.05, 3.63) is 42.1 Å². The van der Waals surface area contributed by atoms with Crippen molar-refractivity contribution in [1.82, 2.24) is 4.98 Å². The number of anilines is 1. The lowest BCUT2D eigenvalue weighted by Gasteiger charge is -2.08. The lowest BCUT2D eigenvalue weighted by molar-refractivity contribution is 0.0698. The summed E-state index contributed by atoms with van der Waals surface area (Å²) >= 11 is 0. The Morgan fingerprint density at radius 3 is 2.71 bits per heavy atom. The molecule has 5 heteroatoms. The lowest BCUT2D eigenvalue weighted by atomic mass is 10.0. The van der Waals surface area contributed by atoms with Gasteiger partial charge in [0.15, 0.2) is 0 Å². The minimum absolute atomic E-state index is 0.0432. The number of nitrogens with two attached hydrogens (primary N) is 1. The van der Waals surface area contributed by atoms with Gasteiger partial charge in [0.2, 0.25) is 0 Å². The first-order valence-corrected chi connectivity index (χ1v) is 4.87. The smallest absolute Gasteiger partial charge is 0.340 e. The molecule has 0 aliphatic heterocycles. The van der Waals surface area contributed by atoms with E-state index in [1.165, 1.54) is 18.3 Å². The van der Waals surface area contributed by atoms with Crippen LogP contribution < -0.4 is 5.73 Å². The minimum Gasteiger partial charge on any atom is -0.508 e. The van der Waals surface area contributed by atoms with Gasteiger partial charge < -0.3 is 15.9 Å². The Labute approximate surface area is 97.2 Å². The van der Waals surface area contributed by atoms with E-state index >= 15 is 0 Å². The van der Waals surface area contributed by atoms with Crippen molar-refractivity contribution in [2.24, 2.45) is 0 Å². The van der Waals surface area contributed by atoms with Crippen LogP contribution in [0.4, 0.5) is 5.82 Å². The number of aromatic hydroxyl groups is 1. The van der Waals surface area contributed by atoms with Crippen molar-refractivity contribution >= 4 is 11.8 Å². The molecule has 0 radical (unpaired) electrons. The highest BCUT2D eigenvalue weighted by Crippen LogP contribution is 2.28. The zero-order chi connectivity index (χ0) is 12.4. The van der Waals surface area contributed by atoms with Crippen molar-refractivity contribution in [3.8, 4) is 16.9 Å². The maximum atomic E-state index is 11.1. The van der Waals surface area contributed by atoms with Gasteiger partial charge in [-0.1, -0.05) is 12.1 Å². The molecule has 0 spiro atoms. The van der Waals surface area contributed by atoms with Crippen LogP contribution in [0.25, 0.3) is 11.1 Å². The number of phenolic OH excluding ortho intramolecular Hbond substituents is 1. The fourth-order valence-electron chi connectivity index (χ4n) is 1.62. The number of carboxylic acids is 1. The molecule has 0 aliphatic rings. The molecule has 0 bridgehead atoms. The highest BCUT2D eigenvalue weighted by atomic mass is 16.4. The summed E-state index contributed by atoms with van der Waals surface area (Å²) in [5.41, 5.74) is 6.50. The molecule has 0 unspecified atom stereocenters. The molecule has 0 saturated heterocycles. The number of benzene rings is 1. The Morgan fingerprint density at radius 1 is 1.29 bits per heavy atom. The number of carbonyl (C=O) groups is 1. The standard InChI is InChI=1S/C12H10N2O3/c13-11-10(12(16)17)9(4-5-14-11)7-2-1-3-8(15)6-7/h1-6,15H,(H2,13,14)(H,16,17). The second-order valence-corrected chi connectivity index (χ2v) is 3.47. The van der Waals surface area contributed by atoms with Crippen LogP contribution in [0.15, 0.2) is 36.5 Å². The number of rotatable bonds is 2. The van der Waals surface area contributed by atoms with Crippen molar-refractivity contribution in [1.29, 1.82) is 0 Å². The van der Waals surface area contributed by atoms with E-state index in [0.717, 1.165) is 0 Å². The van der Waals surface area contributed by atoms with E-state index in [-0.39, 0.29) is 17.1 Å². The van der Waals surface area contributed by atoms with Gasteiger partial charge in [-0.3, -0.25) is 0 Å². The van der Waals surface area contributed by atoms with E-state index in [9.17, 15) is 9.90 Å². The fourth-order valence-corrected chi connectivity index (χ4v) is 1.62. The third kappa shape index (κ3) is 2.03. The Balaban J connectivity index is 2.67. The van der Waals surface area contributed by atoms with Crippen molar-refractivity contribution in [3.63, 3.8) is 0 Å². The summed E-state index contributed by atoms with van der Waals surface area (Å²) in [7, 11) is 0. The molecule has 1 heterocycles. The molecule has 0 fully saturated rings. The average Bonchev–Trinajstić information content (AvgIpc) is 2.28. The van der Waals surface area contributed by atoms with E-state index in [0.29, 0.717) is 11.1 Å². The summed E-state index contributed by atoms with van der Waals surface area (Å²) in [4.78, 5) is 14.9. The largest absolute Gasteiger partial charge is 0.508 e. The predicted molar refractivity (Wildman–Crippen MR) is 62.7 cm³/mol. The van der Waals surface area contributed by atoms with Gasteiger partial charge in [-0.05, 0) is 23.8 Å². The number of hydrogen-bond acceptors (Lipinski definition) is 4. The maximum absolute atomic E-state index is 11.1. The average molecular weight is 230 g/mol. The van der Waals surface area contributed by atoms with E-state index in [4.69, 9.17) is 10.8 Å². The molecule has 2 aromatic rings. The lowest BCUT2D eigenvalue weighted by Crippen LogP contribution is -2.06. The van der Waals surface area contributed by atoms with Gasteiger partial charge >= 0.3 is 5.97 Å². The third-order valence-electron chi connectivity index (χ3n) is 2.35. The predicted octanol–water partition coefficient (Wildman–Crippen LogP) is 1.73. The molecule has 0 atom stereocenters. The molecule has 86 valence electrons. The number of aromatic carboxylic acids is 1. The van der Waals surface area contributed by atoms with E-state index in [2.05, 4.69) is 4.98 Å². The summed E-state index contributed by atoms with van der Waals surface area (Å²) < 4.78 is 0. The van der Waals surface area contributed by atoms with E-state index in [1.807, 2.05) is 0 Å². The highest BCUT2D eigenvalue weighted by molar-refractivity contribution is 6.00. The van der Waals surface area contributed by atoms with Gasteiger partial charge in [-0.25, -0.2) is 9.78 Å². The van der Waals surface area contributed by atoms with Gasteiger partial charge in [0.1, 0.15) is 17.1 Å². The van der Waals surface area contributed by atoms with Crippen molar-refractivity contribution < 1.29 is 15.0 Å². The zero-order valence-corrected chi connectivity index (χ0v) is 8.79. The summed E-state index contributed by atoms with van der Waals surface area (Å²) in [5, 5.41) is 18.5. The quantitative estimate of drug-likeness (QED) is 0.730. The normalized spacial score (nSPS) is 10.1. The summed E-state index contributed by atoms with van der Waals surface area (Å²) in [6, 6.07) is 7.86. The first kappa shape index (κ1) is 10.9. The second-order valence-electron chi connectivity index (χ2n) is 3.47. The highest BCUT2D eigenvalue weighted by Gasteiger charge is 2.16. The molecule has 0 aliphatic carbocycles. The SMILES string of the molecule is Nc1nccc(-c2cccc(O)c2)c1C(=O)O. The number of nitrogens with zero attached hydrogens (tertiary/aromatic N) is 1. The molecule has 4 N–H and O–H groups in total. The molecule has 1 aromatic heterocycles. The molecule has 1 aromatic carbocycles. The Morgan fingerprint density at radius 2 is 2.06 bits per heavy atom. The first-order valence-electron chi connectivity index (χ1n) is 4.87. The van der Waals surface area contributed by atoms with Crippen LogP contribution in [-0.4, -0.2) is 21.2 Å². The fraction of sp³-hybridized carbons (Fsp3) is 0. The Hall–Kier alpha value is -2.56. The number of hydrogen-bond donors (Lipinski definition) is 3. The Kier molecular flexibility index (Phi) is 2.66. The molecule has 0 amide bonds. The maximum Gasteiger partial charge on any atom is 0.340 e. The van der Waals surface area contributed by atoms with Crippen molar-refractivity contribution in [2.75, 3.05) is 5.73 Å². The van der Waals surface area contributed by atoms with Gasteiger partial charge in [0.05, 0.1) is 0 Å². The molecule has 2 rings (SSSR count). The molecular weight excluding hydrogens is 220 g/mol. The second kappa shape index (κ2) is 4.13. The van der Waals surface area contributed by atoms with E-state index in [1.54, 1.807) is 18.2 Å². The van der Waals surface area contributed by atoms with Crippen molar-refractivity contribution in [2.45, 2.75) is 0 Å².